The van der Waals surface area contributed by atoms with E-state index >= 15 is 0 Å². The predicted octanol–water partition coefficient (Wildman–Crippen LogP) is 4.61. The van der Waals surface area contributed by atoms with Gasteiger partial charge >= 0.3 is 0 Å². The van der Waals surface area contributed by atoms with Crippen molar-refractivity contribution in [2.24, 2.45) is 23.2 Å². The summed E-state index contributed by atoms with van der Waals surface area (Å²) in [6, 6.07) is 11.1. The van der Waals surface area contributed by atoms with Crippen LogP contribution in [0.25, 0.3) is 5.82 Å². The minimum absolute atomic E-state index is 0.142. The van der Waals surface area contributed by atoms with E-state index in [1.165, 1.54) is 19.3 Å². The SMILES string of the molecule is O=C(Nc1ccc(Oc2ccc(-n3ccnc3)nn2)cc1)C12CC3CC(CC(C3)C1)C2. The van der Waals surface area contributed by atoms with E-state index in [0.717, 1.165) is 42.7 Å². The van der Waals surface area contributed by atoms with Gasteiger partial charge in [-0.1, -0.05) is 0 Å². The summed E-state index contributed by atoms with van der Waals surface area (Å²) in [6.45, 7) is 0. The average Bonchev–Trinajstić information content (AvgIpc) is 3.30. The number of benzene rings is 1. The van der Waals surface area contributed by atoms with Gasteiger partial charge in [-0.3, -0.25) is 9.36 Å². The molecule has 4 aliphatic carbocycles. The summed E-state index contributed by atoms with van der Waals surface area (Å²) in [6.07, 6.45) is 12.4. The fraction of sp³-hybridized carbons (Fsp3) is 0.417. The number of ether oxygens (including phenoxy) is 1. The van der Waals surface area contributed by atoms with Crippen LogP contribution in [0.15, 0.2) is 55.1 Å². The van der Waals surface area contributed by atoms with Crippen molar-refractivity contribution in [3.8, 4) is 17.4 Å². The van der Waals surface area contributed by atoms with Crippen molar-refractivity contribution in [3.05, 3.63) is 55.1 Å². The zero-order chi connectivity index (χ0) is 20.8. The highest BCUT2D eigenvalue weighted by atomic mass is 16.5. The molecule has 0 saturated heterocycles. The number of imidazole rings is 1. The van der Waals surface area contributed by atoms with E-state index in [-0.39, 0.29) is 11.3 Å². The molecular formula is C24H25N5O2. The van der Waals surface area contributed by atoms with Crippen molar-refractivity contribution in [2.45, 2.75) is 38.5 Å². The van der Waals surface area contributed by atoms with Crippen LogP contribution in [0.4, 0.5) is 5.69 Å². The van der Waals surface area contributed by atoms with Crippen LogP contribution in [-0.4, -0.2) is 25.7 Å². The predicted molar refractivity (Wildman–Crippen MR) is 115 cm³/mol. The minimum atomic E-state index is -0.142. The third-order valence-corrected chi connectivity index (χ3v) is 7.25. The lowest BCUT2D eigenvalue weighted by Crippen LogP contribution is -2.51. The summed E-state index contributed by atoms with van der Waals surface area (Å²) < 4.78 is 7.58. The molecule has 1 aromatic carbocycles. The van der Waals surface area contributed by atoms with E-state index in [0.29, 0.717) is 17.4 Å². The average molecular weight is 415 g/mol. The molecule has 1 amide bonds. The summed E-state index contributed by atoms with van der Waals surface area (Å²) >= 11 is 0. The molecule has 2 aromatic heterocycles. The number of carbonyl (C=O) groups excluding carboxylic acids is 1. The molecule has 4 aliphatic rings. The summed E-state index contributed by atoms with van der Waals surface area (Å²) in [5.74, 6) is 4.22. The third-order valence-electron chi connectivity index (χ3n) is 7.25. The molecule has 4 saturated carbocycles. The number of aromatic nitrogens is 4. The molecule has 2 heterocycles. The first-order valence-electron chi connectivity index (χ1n) is 11.1. The molecule has 0 radical (unpaired) electrons. The fourth-order valence-corrected chi connectivity index (χ4v) is 6.28. The highest BCUT2D eigenvalue weighted by Gasteiger charge is 2.54. The Bertz CT molecular complexity index is 1040. The molecule has 0 aliphatic heterocycles. The fourth-order valence-electron chi connectivity index (χ4n) is 6.28. The molecule has 0 unspecified atom stereocenters. The highest BCUT2D eigenvalue weighted by molar-refractivity contribution is 5.95. The highest BCUT2D eigenvalue weighted by Crippen LogP contribution is 2.60. The molecule has 7 nitrogen and oxygen atoms in total. The molecule has 31 heavy (non-hydrogen) atoms. The van der Waals surface area contributed by atoms with Gasteiger partial charge in [-0.15, -0.1) is 10.2 Å². The van der Waals surface area contributed by atoms with Gasteiger partial charge in [0.2, 0.25) is 11.8 Å². The van der Waals surface area contributed by atoms with Gasteiger partial charge in [0.15, 0.2) is 5.82 Å². The van der Waals surface area contributed by atoms with Gasteiger partial charge in [-0.25, -0.2) is 4.98 Å². The molecule has 4 bridgehead atoms. The Labute approximate surface area is 180 Å². The minimum Gasteiger partial charge on any atom is -0.438 e. The van der Waals surface area contributed by atoms with Crippen LogP contribution in [0.5, 0.6) is 11.6 Å². The van der Waals surface area contributed by atoms with E-state index in [1.54, 1.807) is 29.4 Å². The van der Waals surface area contributed by atoms with E-state index in [2.05, 4.69) is 20.5 Å². The number of hydrogen-bond acceptors (Lipinski definition) is 5. The molecule has 158 valence electrons. The van der Waals surface area contributed by atoms with Gasteiger partial charge in [0, 0.05) is 24.1 Å². The Morgan fingerprint density at radius 1 is 0.968 bits per heavy atom. The van der Waals surface area contributed by atoms with Gasteiger partial charge in [0.25, 0.3) is 0 Å². The number of rotatable bonds is 5. The van der Waals surface area contributed by atoms with Crippen molar-refractivity contribution in [2.75, 3.05) is 5.32 Å². The quantitative estimate of drug-likeness (QED) is 0.658. The molecule has 3 aromatic rings. The lowest BCUT2D eigenvalue weighted by molar-refractivity contribution is -0.140. The number of nitrogens with zero attached hydrogens (tertiary/aromatic N) is 4. The molecular weight excluding hydrogens is 390 g/mol. The Kier molecular flexibility index (Phi) is 4.30. The summed E-state index contributed by atoms with van der Waals surface area (Å²) in [7, 11) is 0. The van der Waals surface area contributed by atoms with Crippen molar-refractivity contribution in [1.82, 2.24) is 19.7 Å². The Hall–Kier alpha value is -3.22. The number of amides is 1. The van der Waals surface area contributed by atoms with Crippen LogP contribution in [0.3, 0.4) is 0 Å². The number of anilines is 1. The van der Waals surface area contributed by atoms with Gasteiger partial charge in [0.1, 0.15) is 12.1 Å². The van der Waals surface area contributed by atoms with Gasteiger partial charge in [-0.2, -0.15) is 0 Å². The molecule has 1 N–H and O–H groups in total. The smallest absolute Gasteiger partial charge is 0.238 e. The van der Waals surface area contributed by atoms with Crippen molar-refractivity contribution in [3.63, 3.8) is 0 Å². The maximum absolute atomic E-state index is 13.2. The van der Waals surface area contributed by atoms with E-state index in [1.807, 2.05) is 30.3 Å². The van der Waals surface area contributed by atoms with Crippen molar-refractivity contribution in [1.29, 1.82) is 0 Å². The van der Waals surface area contributed by atoms with Gasteiger partial charge in [-0.05, 0) is 86.6 Å². The first-order valence-corrected chi connectivity index (χ1v) is 11.1. The second kappa shape index (κ2) is 7.18. The van der Waals surface area contributed by atoms with Crippen LogP contribution in [0.1, 0.15) is 38.5 Å². The van der Waals surface area contributed by atoms with Crippen LogP contribution in [0.2, 0.25) is 0 Å². The molecule has 4 fully saturated rings. The molecule has 7 heteroatoms. The Morgan fingerprint density at radius 3 is 2.26 bits per heavy atom. The van der Waals surface area contributed by atoms with Crippen LogP contribution >= 0.6 is 0 Å². The van der Waals surface area contributed by atoms with E-state index in [9.17, 15) is 4.79 Å². The lowest BCUT2D eigenvalue weighted by Gasteiger charge is -2.55. The molecule has 7 rings (SSSR count). The maximum Gasteiger partial charge on any atom is 0.238 e. The van der Waals surface area contributed by atoms with Crippen LogP contribution in [-0.2, 0) is 4.79 Å². The Balaban J connectivity index is 1.11. The summed E-state index contributed by atoms with van der Waals surface area (Å²) in [5, 5.41) is 11.5. The summed E-state index contributed by atoms with van der Waals surface area (Å²) in [5.41, 5.74) is 0.672. The molecule has 0 spiro atoms. The normalized spacial score (nSPS) is 28.5. The largest absolute Gasteiger partial charge is 0.438 e. The Morgan fingerprint density at radius 2 is 1.68 bits per heavy atom. The number of carbonyl (C=O) groups is 1. The first kappa shape index (κ1) is 18.5. The topological polar surface area (TPSA) is 81.9 Å². The maximum atomic E-state index is 13.2. The zero-order valence-corrected chi connectivity index (χ0v) is 17.3. The second-order valence-corrected chi connectivity index (χ2v) is 9.48. The monoisotopic (exact) mass is 415 g/mol. The van der Waals surface area contributed by atoms with Crippen LogP contribution in [0, 0.1) is 23.2 Å². The van der Waals surface area contributed by atoms with Crippen LogP contribution < -0.4 is 10.1 Å². The number of nitrogens with one attached hydrogen (secondary N) is 1. The number of hydrogen-bond donors (Lipinski definition) is 1. The van der Waals surface area contributed by atoms with Gasteiger partial charge in [0.05, 0.1) is 5.41 Å². The second-order valence-electron chi connectivity index (χ2n) is 9.48. The summed E-state index contributed by atoms with van der Waals surface area (Å²) in [4.78, 5) is 17.2. The third kappa shape index (κ3) is 3.48. The first-order chi connectivity index (χ1) is 15.1. The van der Waals surface area contributed by atoms with Gasteiger partial charge < -0.3 is 10.1 Å². The van der Waals surface area contributed by atoms with Crippen molar-refractivity contribution >= 4 is 11.6 Å². The van der Waals surface area contributed by atoms with E-state index in [4.69, 9.17) is 4.74 Å². The van der Waals surface area contributed by atoms with E-state index < -0.39 is 0 Å². The van der Waals surface area contributed by atoms with Crippen molar-refractivity contribution < 1.29 is 9.53 Å². The lowest BCUT2D eigenvalue weighted by atomic mass is 9.49. The zero-order valence-electron chi connectivity index (χ0n) is 17.3. The molecule has 0 atom stereocenters. The standard InChI is InChI=1S/C24H25N5O2/c30-23(24-12-16-9-17(13-24)11-18(10-16)14-24)26-19-1-3-20(4-2-19)31-22-6-5-21(27-28-22)29-8-7-25-15-29/h1-8,15-18H,9-14H2,(H,26,30).